The van der Waals surface area contributed by atoms with Crippen molar-refractivity contribution in [1.82, 2.24) is 0 Å². The van der Waals surface area contributed by atoms with Gasteiger partial charge in [0.1, 0.15) is 0 Å². The van der Waals surface area contributed by atoms with Crippen molar-refractivity contribution in [3.05, 3.63) is 0 Å². The highest BCUT2D eigenvalue weighted by molar-refractivity contribution is 4.68. The summed E-state index contributed by atoms with van der Waals surface area (Å²) in [5.74, 6) is 0. The van der Waals surface area contributed by atoms with Gasteiger partial charge in [-0.1, -0.05) is 12.8 Å². The lowest BCUT2D eigenvalue weighted by molar-refractivity contribution is 0.459. The van der Waals surface area contributed by atoms with Crippen molar-refractivity contribution in [2.75, 3.05) is 13.1 Å². The summed E-state index contributed by atoms with van der Waals surface area (Å²) in [6.45, 7) is 1.54. The molecule has 0 radical (unpaired) electrons. The van der Waals surface area contributed by atoms with E-state index in [-0.39, 0.29) is 0 Å². The van der Waals surface area contributed by atoms with E-state index in [1.165, 1.54) is 0 Å². The van der Waals surface area contributed by atoms with E-state index in [1.54, 1.807) is 0 Å². The van der Waals surface area contributed by atoms with Gasteiger partial charge in [-0.3, -0.25) is 0 Å². The summed E-state index contributed by atoms with van der Waals surface area (Å²) in [6, 6.07) is 0.596. The van der Waals surface area contributed by atoms with Crippen LogP contribution in [0.4, 0.5) is 0 Å². The zero-order valence-electron chi connectivity index (χ0n) is 10.5. The molecule has 0 aromatic rings. The van der Waals surface area contributed by atoms with E-state index >= 15 is 0 Å². The van der Waals surface area contributed by atoms with Gasteiger partial charge in [0.05, 0.1) is 0 Å². The van der Waals surface area contributed by atoms with Gasteiger partial charge >= 0.3 is 0 Å². The highest BCUT2D eigenvalue weighted by Crippen LogP contribution is 2.09. The molecule has 0 saturated carbocycles. The van der Waals surface area contributed by atoms with Gasteiger partial charge < -0.3 is 22.9 Å². The molecule has 0 aromatic carbocycles. The minimum Gasteiger partial charge on any atom is -0.330 e. The molecule has 0 rings (SSSR count). The summed E-state index contributed by atoms with van der Waals surface area (Å²) in [4.78, 5) is 0. The maximum Gasteiger partial charge on any atom is 0.00394 e. The maximum absolute atomic E-state index is 6.00. The summed E-state index contributed by atoms with van der Waals surface area (Å²) in [7, 11) is 0. The van der Waals surface area contributed by atoms with Crippen molar-refractivity contribution in [3.8, 4) is 0 Å². The zero-order valence-corrected chi connectivity index (χ0v) is 10.5. The predicted molar refractivity (Wildman–Crippen MR) is 71.0 cm³/mol. The Morgan fingerprint density at radius 2 is 0.938 bits per heavy atom. The molecule has 16 heavy (non-hydrogen) atoms. The van der Waals surface area contributed by atoms with Crippen molar-refractivity contribution in [2.45, 2.75) is 63.5 Å². The smallest absolute Gasteiger partial charge is 0.00394 e. The minimum absolute atomic E-state index is 0.298. The fourth-order valence-electron chi connectivity index (χ4n) is 1.82. The lowest BCUT2D eigenvalue weighted by Crippen LogP contribution is -2.26. The minimum atomic E-state index is 0.298. The Morgan fingerprint density at radius 3 is 1.25 bits per heavy atom. The molecule has 0 aliphatic heterocycles. The third-order valence-corrected chi connectivity index (χ3v) is 2.97. The largest absolute Gasteiger partial charge is 0.330 e. The Bertz CT molecular complexity index is 125. The van der Waals surface area contributed by atoms with E-state index in [1.807, 2.05) is 0 Å². The van der Waals surface area contributed by atoms with Gasteiger partial charge in [0.2, 0.25) is 0 Å². The molecule has 0 spiro atoms. The third-order valence-electron chi connectivity index (χ3n) is 2.97. The molecular formula is C12H30N4. The van der Waals surface area contributed by atoms with Crippen LogP contribution in [0.25, 0.3) is 0 Å². The van der Waals surface area contributed by atoms with Crippen molar-refractivity contribution in [2.24, 2.45) is 22.9 Å². The van der Waals surface area contributed by atoms with Crippen LogP contribution in [0.15, 0.2) is 0 Å². The summed E-state index contributed by atoms with van der Waals surface area (Å²) in [6.07, 6.45) is 8.66. The van der Waals surface area contributed by atoms with Crippen molar-refractivity contribution in [3.63, 3.8) is 0 Å². The van der Waals surface area contributed by atoms with E-state index < -0.39 is 0 Å². The Kier molecular flexibility index (Phi) is 11.2. The second-order valence-electron chi connectivity index (χ2n) is 4.67. The van der Waals surface area contributed by atoms with Gasteiger partial charge in [-0.2, -0.15) is 0 Å². The topological polar surface area (TPSA) is 104 Å². The molecule has 0 heterocycles. The van der Waals surface area contributed by atoms with Crippen LogP contribution in [-0.2, 0) is 0 Å². The highest BCUT2D eigenvalue weighted by atomic mass is 14.7. The normalized spacial score (nSPS) is 15.0. The third kappa shape index (κ3) is 10.4. The first kappa shape index (κ1) is 15.8. The number of hydrogen-bond acceptors (Lipinski definition) is 4. The standard InChI is InChI=1S/C12H30N4/c13-9-3-1-5-11(15)7-8-12(16)6-2-4-10-14/h11-12H,1-10,13-16H2. The van der Waals surface area contributed by atoms with Crippen molar-refractivity contribution < 1.29 is 0 Å². The van der Waals surface area contributed by atoms with Gasteiger partial charge in [-0.15, -0.1) is 0 Å². The van der Waals surface area contributed by atoms with Crippen LogP contribution in [0.1, 0.15) is 51.4 Å². The SMILES string of the molecule is NCCCCC(N)CCC(N)CCCCN. The summed E-state index contributed by atoms with van der Waals surface area (Å²) < 4.78 is 0. The van der Waals surface area contributed by atoms with E-state index in [9.17, 15) is 0 Å². The molecular weight excluding hydrogens is 200 g/mol. The number of nitrogens with two attached hydrogens (primary N) is 4. The van der Waals surface area contributed by atoms with Crippen LogP contribution in [0.3, 0.4) is 0 Å². The molecule has 0 fully saturated rings. The van der Waals surface area contributed by atoms with E-state index in [0.717, 1.165) is 64.5 Å². The van der Waals surface area contributed by atoms with Gasteiger partial charge in [0.15, 0.2) is 0 Å². The molecule has 8 N–H and O–H groups in total. The van der Waals surface area contributed by atoms with Crippen LogP contribution in [0.5, 0.6) is 0 Å². The van der Waals surface area contributed by atoms with E-state index in [4.69, 9.17) is 22.9 Å². The molecule has 2 atom stereocenters. The van der Waals surface area contributed by atoms with Crippen LogP contribution < -0.4 is 22.9 Å². The van der Waals surface area contributed by atoms with Gasteiger partial charge in [-0.25, -0.2) is 0 Å². The Hall–Kier alpha value is -0.160. The quantitative estimate of drug-likeness (QED) is 0.392. The summed E-state index contributed by atoms with van der Waals surface area (Å²) in [5, 5.41) is 0. The summed E-state index contributed by atoms with van der Waals surface area (Å²) in [5.41, 5.74) is 22.9. The number of unbranched alkanes of at least 4 members (excludes halogenated alkanes) is 2. The van der Waals surface area contributed by atoms with E-state index in [0.29, 0.717) is 12.1 Å². The van der Waals surface area contributed by atoms with E-state index in [2.05, 4.69) is 0 Å². The first-order chi connectivity index (χ1) is 7.70. The predicted octanol–water partition coefficient (Wildman–Crippen LogP) is 0.679. The molecule has 4 nitrogen and oxygen atoms in total. The zero-order chi connectivity index (χ0) is 12.2. The molecule has 0 saturated heterocycles. The molecule has 0 amide bonds. The second-order valence-corrected chi connectivity index (χ2v) is 4.67. The fourth-order valence-corrected chi connectivity index (χ4v) is 1.82. The highest BCUT2D eigenvalue weighted by Gasteiger charge is 2.06. The average Bonchev–Trinajstić information content (AvgIpc) is 2.27. The van der Waals surface area contributed by atoms with Crippen molar-refractivity contribution in [1.29, 1.82) is 0 Å². The Morgan fingerprint density at radius 1 is 0.562 bits per heavy atom. The number of hydrogen-bond donors (Lipinski definition) is 4. The molecule has 0 aliphatic rings. The monoisotopic (exact) mass is 230 g/mol. The Labute approximate surface area is 100 Å². The molecule has 0 aromatic heterocycles. The molecule has 98 valence electrons. The lowest BCUT2D eigenvalue weighted by atomic mass is 9.99. The van der Waals surface area contributed by atoms with Gasteiger partial charge in [-0.05, 0) is 51.6 Å². The Balaban J connectivity index is 3.32. The first-order valence-corrected chi connectivity index (χ1v) is 6.62. The molecule has 2 unspecified atom stereocenters. The van der Waals surface area contributed by atoms with Gasteiger partial charge in [0.25, 0.3) is 0 Å². The average molecular weight is 230 g/mol. The fraction of sp³-hybridized carbons (Fsp3) is 1.00. The first-order valence-electron chi connectivity index (χ1n) is 6.62. The van der Waals surface area contributed by atoms with Crippen LogP contribution in [0, 0.1) is 0 Å². The maximum atomic E-state index is 6.00. The second kappa shape index (κ2) is 11.3. The molecule has 0 bridgehead atoms. The van der Waals surface area contributed by atoms with Gasteiger partial charge in [0, 0.05) is 12.1 Å². The number of rotatable bonds is 11. The van der Waals surface area contributed by atoms with Crippen LogP contribution in [-0.4, -0.2) is 25.2 Å². The summed E-state index contributed by atoms with van der Waals surface area (Å²) >= 11 is 0. The molecule has 0 aliphatic carbocycles. The van der Waals surface area contributed by atoms with Crippen LogP contribution >= 0.6 is 0 Å². The van der Waals surface area contributed by atoms with Crippen molar-refractivity contribution >= 4 is 0 Å². The molecule has 4 heteroatoms. The van der Waals surface area contributed by atoms with Crippen LogP contribution in [0.2, 0.25) is 0 Å². The lowest BCUT2D eigenvalue weighted by Gasteiger charge is -2.15.